The number of ketones is 1. The lowest BCUT2D eigenvalue weighted by Crippen LogP contribution is -2.56. The maximum Gasteiger partial charge on any atom is 0.328 e. The SMILES string of the molecule is C=CCN1CN(C)C(=O)N(c2nc3c(s2)C(=O)CC(C)(C)C3)C1. The van der Waals surface area contributed by atoms with Gasteiger partial charge in [-0.25, -0.2) is 9.78 Å². The highest BCUT2D eigenvalue weighted by molar-refractivity contribution is 7.17. The van der Waals surface area contributed by atoms with Gasteiger partial charge in [-0.15, -0.1) is 6.58 Å². The van der Waals surface area contributed by atoms with Gasteiger partial charge in [-0.3, -0.25) is 14.6 Å². The molecule has 7 heteroatoms. The molecule has 3 rings (SSSR count). The van der Waals surface area contributed by atoms with Crippen molar-refractivity contribution < 1.29 is 9.59 Å². The van der Waals surface area contributed by atoms with Crippen LogP contribution < -0.4 is 4.90 Å². The van der Waals surface area contributed by atoms with Gasteiger partial charge in [0.15, 0.2) is 10.9 Å². The maximum absolute atomic E-state index is 12.5. The number of hydrogen-bond acceptors (Lipinski definition) is 5. The number of anilines is 1. The first-order chi connectivity index (χ1) is 10.8. The number of Topliss-reactive ketones (excluding diaryl/α,β-unsaturated/α-hetero) is 1. The Morgan fingerprint density at radius 2 is 2.04 bits per heavy atom. The molecule has 1 fully saturated rings. The molecule has 2 heterocycles. The van der Waals surface area contributed by atoms with Gasteiger partial charge in [0.25, 0.3) is 0 Å². The Bertz CT molecular complexity index is 667. The van der Waals surface area contributed by atoms with Gasteiger partial charge in [0.2, 0.25) is 0 Å². The van der Waals surface area contributed by atoms with Crippen LogP contribution in [0.3, 0.4) is 0 Å². The number of thiazole rings is 1. The van der Waals surface area contributed by atoms with Crippen LogP contribution in [-0.2, 0) is 6.42 Å². The summed E-state index contributed by atoms with van der Waals surface area (Å²) in [5, 5.41) is 0.617. The van der Waals surface area contributed by atoms with Crippen molar-refractivity contribution in [2.75, 3.05) is 31.8 Å². The van der Waals surface area contributed by atoms with E-state index in [-0.39, 0.29) is 17.2 Å². The number of carbonyl (C=O) groups excluding carboxylic acids is 2. The van der Waals surface area contributed by atoms with E-state index in [2.05, 4.69) is 30.3 Å². The van der Waals surface area contributed by atoms with Gasteiger partial charge in [-0.1, -0.05) is 31.3 Å². The molecule has 0 saturated carbocycles. The van der Waals surface area contributed by atoms with Crippen molar-refractivity contribution >= 4 is 28.3 Å². The van der Waals surface area contributed by atoms with Gasteiger partial charge in [0.1, 0.15) is 0 Å². The fourth-order valence-corrected chi connectivity index (χ4v) is 4.14. The molecule has 0 unspecified atom stereocenters. The van der Waals surface area contributed by atoms with E-state index < -0.39 is 0 Å². The average Bonchev–Trinajstić information content (AvgIpc) is 2.85. The second kappa shape index (κ2) is 5.72. The van der Waals surface area contributed by atoms with Crippen molar-refractivity contribution in [3.05, 3.63) is 23.2 Å². The second-order valence-corrected chi connectivity index (χ2v) is 8.02. The van der Waals surface area contributed by atoms with Crippen molar-refractivity contribution in [1.29, 1.82) is 0 Å². The van der Waals surface area contributed by atoms with Crippen LogP contribution in [0.15, 0.2) is 12.7 Å². The van der Waals surface area contributed by atoms with Crippen LogP contribution in [0.4, 0.5) is 9.93 Å². The molecule has 6 nitrogen and oxygen atoms in total. The summed E-state index contributed by atoms with van der Waals surface area (Å²) in [7, 11) is 1.77. The number of hydrogen-bond donors (Lipinski definition) is 0. The van der Waals surface area contributed by atoms with E-state index in [1.165, 1.54) is 11.3 Å². The van der Waals surface area contributed by atoms with Crippen LogP contribution >= 0.6 is 11.3 Å². The Morgan fingerprint density at radius 3 is 2.74 bits per heavy atom. The van der Waals surface area contributed by atoms with E-state index >= 15 is 0 Å². The highest BCUT2D eigenvalue weighted by atomic mass is 32.1. The summed E-state index contributed by atoms with van der Waals surface area (Å²) < 4.78 is 0. The predicted molar refractivity (Wildman–Crippen MR) is 90.8 cm³/mol. The minimum atomic E-state index is -0.0804. The van der Waals surface area contributed by atoms with Gasteiger partial charge < -0.3 is 4.90 Å². The lowest BCUT2D eigenvalue weighted by atomic mass is 9.78. The third-order valence-corrected chi connectivity index (χ3v) is 5.32. The third-order valence-electron chi connectivity index (χ3n) is 4.15. The topological polar surface area (TPSA) is 56.8 Å². The second-order valence-electron chi connectivity index (χ2n) is 7.05. The van der Waals surface area contributed by atoms with Crippen molar-refractivity contribution in [2.24, 2.45) is 5.41 Å². The lowest BCUT2D eigenvalue weighted by molar-refractivity contribution is 0.0916. The fraction of sp³-hybridized carbons (Fsp3) is 0.562. The van der Waals surface area contributed by atoms with E-state index in [1.54, 1.807) is 16.8 Å². The molecule has 23 heavy (non-hydrogen) atoms. The van der Waals surface area contributed by atoms with Crippen LogP contribution in [0.1, 0.15) is 35.6 Å². The predicted octanol–water partition coefficient (Wildman–Crippen LogP) is 2.57. The number of aromatic nitrogens is 1. The number of amides is 2. The normalized spacial score (nSPS) is 21.5. The third kappa shape index (κ3) is 3.03. The molecule has 1 aromatic rings. The summed E-state index contributed by atoms with van der Waals surface area (Å²) in [4.78, 5) is 35.6. The number of urea groups is 1. The van der Waals surface area contributed by atoms with E-state index in [9.17, 15) is 9.59 Å². The summed E-state index contributed by atoms with van der Waals surface area (Å²) in [6.45, 7) is 9.66. The Labute approximate surface area is 140 Å². The molecule has 0 spiro atoms. The lowest BCUT2D eigenvalue weighted by Gasteiger charge is -2.38. The quantitative estimate of drug-likeness (QED) is 0.797. The van der Waals surface area contributed by atoms with Gasteiger partial charge in [-0.2, -0.15) is 0 Å². The van der Waals surface area contributed by atoms with Crippen LogP contribution in [0.2, 0.25) is 0 Å². The van der Waals surface area contributed by atoms with Crippen molar-refractivity contribution in [3.8, 4) is 0 Å². The summed E-state index contributed by atoms with van der Waals surface area (Å²) >= 11 is 1.34. The van der Waals surface area contributed by atoms with E-state index in [1.807, 2.05) is 6.08 Å². The highest BCUT2D eigenvalue weighted by Crippen LogP contribution is 2.39. The largest absolute Gasteiger partial charge is 0.328 e. The van der Waals surface area contributed by atoms with E-state index in [0.717, 1.165) is 17.0 Å². The minimum absolute atomic E-state index is 0.0625. The smallest absolute Gasteiger partial charge is 0.314 e. The van der Waals surface area contributed by atoms with Gasteiger partial charge in [0.05, 0.1) is 23.9 Å². The van der Waals surface area contributed by atoms with Crippen LogP contribution in [0.25, 0.3) is 0 Å². The first kappa shape index (κ1) is 16.1. The van der Waals surface area contributed by atoms with Crippen LogP contribution in [-0.4, -0.2) is 53.5 Å². The van der Waals surface area contributed by atoms with Crippen molar-refractivity contribution in [1.82, 2.24) is 14.8 Å². The molecule has 0 aromatic carbocycles. The zero-order valence-corrected chi connectivity index (χ0v) is 14.7. The first-order valence-corrected chi connectivity index (χ1v) is 8.51. The molecule has 124 valence electrons. The van der Waals surface area contributed by atoms with E-state index in [0.29, 0.717) is 31.4 Å². The molecule has 2 aliphatic rings. The Morgan fingerprint density at radius 1 is 1.30 bits per heavy atom. The van der Waals surface area contributed by atoms with Gasteiger partial charge in [0, 0.05) is 20.0 Å². The fourth-order valence-electron chi connectivity index (χ4n) is 3.14. The molecule has 0 atom stereocenters. The van der Waals surface area contributed by atoms with E-state index in [4.69, 9.17) is 0 Å². The van der Waals surface area contributed by atoms with Crippen molar-refractivity contribution in [3.63, 3.8) is 0 Å². The van der Waals surface area contributed by atoms with Crippen LogP contribution in [0, 0.1) is 5.41 Å². The molecule has 0 bridgehead atoms. The monoisotopic (exact) mass is 334 g/mol. The zero-order valence-electron chi connectivity index (χ0n) is 13.8. The Balaban J connectivity index is 1.91. The number of rotatable bonds is 3. The maximum atomic E-state index is 12.5. The first-order valence-electron chi connectivity index (χ1n) is 7.69. The summed E-state index contributed by atoms with van der Waals surface area (Å²) in [6, 6.07) is -0.0804. The Kier molecular flexibility index (Phi) is 4.01. The molecule has 1 aromatic heterocycles. The summed E-state index contributed by atoms with van der Waals surface area (Å²) in [5.41, 5.74) is 0.773. The molecule has 2 amide bonds. The molecule has 1 aliphatic heterocycles. The summed E-state index contributed by atoms with van der Waals surface area (Å²) in [5.74, 6) is 0.140. The average molecular weight is 334 g/mol. The van der Waals surface area contributed by atoms with Gasteiger partial charge >= 0.3 is 6.03 Å². The van der Waals surface area contributed by atoms with Crippen molar-refractivity contribution in [2.45, 2.75) is 26.7 Å². The molecule has 0 radical (unpaired) electrons. The summed E-state index contributed by atoms with van der Waals surface area (Å²) in [6.07, 6.45) is 3.14. The van der Waals surface area contributed by atoms with Gasteiger partial charge in [-0.05, 0) is 11.8 Å². The number of nitrogens with zero attached hydrogens (tertiary/aromatic N) is 4. The zero-order chi connectivity index (χ0) is 16.8. The molecular weight excluding hydrogens is 312 g/mol. The number of fused-ring (bicyclic) bond motifs is 1. The minimum Gasteiger partial charge on any atom is -0.314 e. The molecular formula is C16H22N4O2S. The molecule has 0 N–H and O–H groups in total. The highest BCUT2D eigenvalue weighted by Gasteiger charge is 2.37. The standard InChI is InChI=1S/C16H22N4O2S/c1-5-6-19-9-18(4)15(22)20(10-19)14-17-11-7-16(2,3)8-12(21)13(11)23-14/h5H,1,6-10H2,2-4H3. The molecule has 1 saturated heterocycles. The number of carbonyl (C=O) groups is 2. The molecule has 1 aliphatic carbocycles. The Hall–Kier alpha value is -1.73. The van der Waals surface area contributed by atoms with Crippen LogP contribution in [0.5, 0.6) is 0 Å².